The molecule has 1 heterocycles. The van der Waals surface area contributed by atoms with Crippen molar-refractivity contribution in [3.8, 4) is 0 Å². The average molecular weight is 248 g/mol. The van der Waals surface area contributed by atoms with E-state index < -0.39 is 5.91 Å². The molecule has 1 unspecified atom stereocenters. The number of amides is 2. The van der Waals surface area contributed by atoms with Gasteiger partial charge in [0, 0.05) is 17.8 Å². The van der Waals surface area contributed by atoms with Crippen LogP contribution in [0.2, 0.25) is 0 Å². The molecular weight excluding hydrogens is 228 g/mol. The summed E-state index contributed by atoms with van der Waals surface area (Å²) in [7, 11) is 0. The van der Waals surface area contributed by atoms with Gasteiger partial charge in [0.15, 0.2) is 0 Å². The smallest absolute Gasteiger partial charge is 0.316 e. The predicted molar refractivity (Wildman–Crippen MR) is 69.6 cm³/mol. The van der Waals surface area contributed by atoms with Crippen molar-refractivity contribution >= 4 is 11.8 Å². The van der Waals surface area contributed by atoms with Gasteiger partial charge in [-0.15, -0.1) is 0 Å². The lowest BCUT2D eigenvalue weighted by atomic mass is 9.96. The van der Waals surface area contributed by atoms with E-state index in [-0.39, 0.29) is 24.0 Å². The quantitative estimate of drug-likeness (QED) is 0.698. The van der Waals surface area contributed by atoms with Crippen LogP contribution in [-0.2, 0) is 9.59 Å². The molecule has 0 saturated carbocycles. The van der Waals surface area contributed by atoms with Crippen LogP contribution in [0, 0.1) is 0 Å². The van der Waals surface area contributed by atoms with Crippen molar-refractivity contribution in [1.82, 2.24) is 9.80 Å². The number of carbonyl (C=O) groups excluding carboxylic acids is 2. The Morgan fingerprint density at radius 3 is 2.33 bits per heavy atom. The maximum atomic E-state index is 12.2. The highest BCUT2D eigenvalue weighted by molar-refractivity contribution is 6.36. The predicted octanol–water partition coefficient (Wildman–Crippen LogP) is 1.69. The Hall–Kier alpha value is -1.58. The molecule has 2 rings (SSSR count). The van der Waals surface area contributed by atoms with E-state index in [1.165, 1.54) is 0 Å². The third-order valence-electron chi connectivity index (χ3n) is 3.43. The molecular formula is C14H20N2O2. The lowest BCUT2D eigenvalue weighted by Crippen LogP contribution is -2.61. The van der Waals surface area contributed by atoms with Crippen LogP contribution < -0.4 is 0 Å². The van der Waals surface area contributed by atoms with Crippen molar-refractivity contribution in [2.24, 2.45) is 0 Å². The second kappa shape index (κ2) is 4.59. The molecule has 98 valence electrons. The number of nitrogens with zero attached hydrogens (tertiary/aromatic N) is 2. The first-order valence-electron chi connectivity index (χ1n) is 6.47. The van der Waals surface area contributed by atoms with Gasteiger partial charge >= 0.3 is 11.8 Å². The second-order valence-corrected chi connectivity index (χ2v) is 5.35. The standard InChI is InChI=1S/C14H20N2O2/c1-9(2)15-11-7-5-6-8-12(11)16(10(3)4)14(18)13(15)17/h5-7,9-10,12H,8H2,1-4H3. The number of piperazine rings is 1. The van der Waals surface area contributed by atoms with Crippen molar-refractivity contribution < 1.29 is 9.59 Å². The van der Waals surface area contributed by atoms with Gasteiger partial charge in [-0.2, -0.15) is 0 Å². The van der Waals surface area contributed by atoms with E-state index in [1.54, 1.807) is 9.80 Å². The maximum absolute atomic E-state index is 12.2. The van der Waals surface area contributed by atoms with E-state index in [0.717, 1.165) is 12.1 Å². The summed E-state index contributed by atoms with van der Waals surface area (Å²) in [5, 5.41) is 0. The van der Waals surface area contributed by atoms with Crippen LogP contribution in [0.25, 0.3) is 0 Å². The molecule has 0 radical (unpaired) electrons. The zero-order valence-electron chi connectivity index (χ0n) is 11.4. The van der Waals surface area contributed by atoms with Crippen LogP contribution in [0.4, 0.5) is 0 Å². The largest absolute Gasteiger partial charge is 0.323 e. The number of carbonyl (C=O) groups is 2. The molecule has 2 amide bonds. The van der Waals surface area contributed by atoms with E-state index in [0.29, 0.717) is 0 Å². The fraction of sp³-hybridized carbons (Fsp3) is 0.571. The highest BCUT2D eigenvalue weighted by Gasteiger charge is 2.44. The lowest BCUT2D eigenvalue weighted by molar-refractivity contribution is -0.158. The van der Waals surface area contributed by atoms with Gasteiger partial charge in [0.1, 0.15) is 0 Å². The molecule has 1 saturated heterocycles. The summed E-state index contributed by atoms with van der Waals surface area (Å²) in [5.74, 6) is -0.785. The van der Waals surface area contributed by atoms with Crippen LogP contribution in [0.15, 0.2) is 23.9 Å². The Kier molecular flexibility index (Phi) is 3.28. The molecule has 1 aliphatic carbocycles. The molecule has 4 nitrogen and oxygen atoms in total. The Bertz CT molecular complexity index is 435. The Morgan fingerprint density at radius 2 is 1.78 bits per heavy atom. The minimum Gasteiger partial charge on any atom is -0.323 e. The molecule has 4 heteroatoms. The highest BCUT2D eigenvalue weighted by atomic mass is 16.2. The van der Waals surface area contributed by atoms with Gasteiger partial charge < -0.3 is 9.80 Å². The van der Waals surface area contributed by atoms with Crippen LogP contribution >= 0.6 is 0 Å². The third kappa shape index (κ3) is 1.85. The zero-order chi connectivity index (χ0) is 13.4. The summed E-state index contributed by atoms with van der Waals surface area (Å²) in [5.41, 5.74) is 0.950. The van der Waals surface area contributed by atoms with Crippen LogP contribution in [0.5, 0.6) is 0 Å². The molecule has 0 aromatic rings. The summed E-state index contributed by atoms with van der Waals surface area (Å²) in [6.07, 6.45) is 6.74. The molecule has 2 aliphatic rings. The summed E-state index contributed by atoms with van der Waals surface area (Å²) in [4.78, 5) is 27.8. The third-order valence-corrected chi connectivity index (χ3v) is 3.43. The van der Waals surface area contributed by atoms with Crippen molar-refractivity contribution in [3.63, 3.8) is 0 Å². The van der Waals surface area contributed by atoms with Crippen molar-refractivity contribution in [2.75, 3.05) is 0 Å². The summed E-state index contributed by atoms with van der Waals surface area (Å²) in [6.45, 7) is 7.77. The highest BCUT2D eigenvalue weighted by Crippen LogP contribution is 2.30. The van der Waals surface area contributed by atoms with E-state index in [4.69, 9.17) is 0 Å². The minimum atomic E-state index is -0.406. The van der Waals surface area contributed by atoms with E-state index >= 15 is 0 Å². The topological polar surface area (TPSA) is 40.6 Å². The maximum Gasteiger partial charge on any atom is 0.316 e. The molecule has 1 fully saturated rings. The summed E-state index contributed by atoms with van der Waals surface area (Å²) >= 11 is 0. The van der Waals surface area contributed by atoms with Gasteiger partial charge in [-0.3, -0.25) is 9.59 Å². The number of hydrogen-bond donors (Lipinski definition) is 0. The van der Waals surface area contributed by atoms with Crippen molar-refractivity contribution in [2.45, 2.75) is 52.2 Å². The molecule has 0 bridgehead atoms. The van der Waals surface area contributed by atoms with E-state index in [1.807, 2.05) is 45.9 Å². The number of hydrogen-bond acceptors (Lipinski definition) is 2. The van der Waals surface area contributed by atoms with Crippen LogP contribution in [-0.4, -0.2) is 39.7 Å². The average Bonchev–Trinajstić information content (AvgIpc) is 2.29. The monoisotopic (exact) mass is 248 g/mol. The van der Waals surface area contributed by atoms with E-state index in [2.05, 4.69) is 0 Å². The molecule has 0 spiro atoms. The molecule has 0 aromatic heterocycles. The van der Waals surface area contributed by atoms with Gasteiger partial charge in [-0.05, 0) is 40.2 Å². The Labute approximate surface area is 108 Å². The molecule has 0 N–H and O–H groups in total. The summed E-state index contributed by atoms with van der Waals surface area (Å²) < 4.78 is 0. The van der Waals surface area contributed by atoms with Gasteiger partial charge in [0.05, 0.1) is 6.04 Å². The number of rotatable bonds is 2. The molecule has 18 heavy (non-hydrogen) atoms. The number of allylic oxidation sites excluding steroid dienone is 2. The zero-order valence-corrected chi connectivity index (χ0v) is 11.4. The molecule has 1 aliphatic heterocycles. The Balaban J connectivity index is 2.46. The fourth-order valence-corrected chi connectivity index (χ4v) is 2.70. The SMILES string of the molecule is CC(C)N1C(=O)C(=O)N(C(C)C)C2CC=CC=C21. The van der Waals surface area contributed by atoms with Crippen LogP contribution in [0.1, 0.15) is 34.1 Å². The molecule has 1 atom stereocenters. The van der Waals surface area contributed by atoms with Crippen molar-refractivity contribution in [3.05, 3.63) is 23.9 Å². The first-order valence-corrected chi connectivity index (χ1v) is 6.47. The summed E-state index contributed by atoms with van der Waals surface area (Å²) in [6, 6.07) is 0.0503. The Morgan fingerprint density at radius 1 is 1.11 bits per heavy atom. The lowest BCUT2D eigenvalue weighted by Gasteiger charge is -2.46. The number of fused-ring (bicyclic) bond motifs is 1. The van der Waals surface area contributed by atoms with Crippen LogP contribution in [0.3, 0.4) is 0 Å². The normalized spacial score (nSPS) is 23.9. The van der Waals surface area contributed by atoms with Gasteiger partial charge in [-0.25, -0.2) is 0 Å². The van der Waals surface area contributed by atoms with E-state index in [9.17, 15) is 9.59 Å². The molecule has 0 aromatic carbocycles. The van der Waals surface area contributed by atoms with Gasteiger partial charge in [-0.1, -0.05) is 12.2 Å². The second-order valence-electron chi connectivity index (χ2n) is 5.35. The van der Waals surface area contributed by atoms with Crippen molar-refractivity contribution in [1.29, 1.82) is 0 Å². The van der Waals surface area contributed by atoms with Gasteiger partial charge in [0.25, 0.3) is 0 Å². The first-order chi connectivity index (χ1) is 8.45. The fourth-order valence-electron chi connectivity index (χ4n) is 2.70. The minimum absolute atomic E-state index is 0.00241. The first kappa shape index (κ1) is 12.9. The van der Waals surface area contributed by atoms with Gasteiger partial charge in [0.2, 0.25) is 0 Å².